The number of halogens is 2. The highest BCUT2D eigenvalue weighted by Gasteiger charge is 2.25. The number of hydrogen-bond acceptors (Lipinski definition) is 4. The molecule has 1 fully saturated rings. The van der Waals surface area contributed by atoms with E-state index in [4.69, 9.17) is 16.3 Å². The van der Waals surface area contributed by atoms with Gasteiger partial charge in [-0.3, -0.25) is 9.69 Å². The van der Waals surface area contributed by atoms with Crippen LogP contribution in [0.3, 0.4) is 0 Å². The lowest BCUT2D eigenvalue weighted by Crippen LogP contribution is -2.44. The number of morpholine rings is 1. The van der Waals surface area contributed by atoms with E-state index in [1.54, 1.807) is 23.0 Å². The molecule has 168 valence electrons. The maximum atomic E-state index is 13.9. The number of benzene rings is 2. The van der Waals surface area contributed by atoms with Crippen LogP contribution >= 0.6 is 11.6 Å². The summed E-state index contributed by atoms with van der Waals surface area (Å²) in [5.74, 6) is -0.493. The third kappa shape index (κ3) is 5.01. The molecule has 1 saturated heterocycles. The first kappa shape index (κ1) is 22.5. The average molecular weight is 457 g/mol. The van der Waals surface area contributed by atoms with E-state index < -0.39 is 0 Å². The van der Waals surface area contributed by atoms with Crippen LogP contribution in [-0.4, -0.2) is 53.4 Å². The molecule has 1 amide bonds. The Morgan fingerprint density at radius 1 is 1.22 bits per heavy atom. The van der Waals surface area contributed by atoms with Crippen molar-refractivity contribution in [1.82, 2.24) is 20.0 Å². The van der Waals surface area contributed by atoms with Crippen LogP contribution in [-0.2, 0) is 11.2 Å². The van der Waals surface area contributed by atoms with Crippen LogP contribution in [0.1, 0.15) is 34.6 Å². The minimum atomic E-state index is -0.289. The molecule has 1 atom stereocenters. The molecule has 2 heterocycles. The molecule has 1 aliphatic rings. The number of rotatable bonds is 7. The van der Waals surface area contributed by atoms with Crippen LogP contribution in [0, 0.1) is 5.82 Å². The highest BCUT2D eigenvalue weighted by atomic mass is 35.5. The number of hydrogen-bond donors (Lipinski definition) is 1. The molecule has 0 saturated carbocycles. The normalized spacial score (nSPS) is 15.5. The molecular formula is C24H26ClFN4O2. The van der Waals surface area contributed by atoms with E-state index in [-0.39, 0.29) is 17.8 Å². The minimum absolute atomic E-state index is 0.147. The van der Waals surface area contributed by atoms with Crippen LogP contribution in [0.15, 0.2) is 54.7 Å². The summed E-state index contributed by atoms with van der Waals surface area (Å²) < 4.78 is 21.1. The second kappa shape index (κ2) is 10.3. The maximum Gasteiger partial charge on any atom is 0.254 e. The number of nitrogens with zero attached hydrogens (tertiary/aromatic N) is 3. The van der Waals surface area contributed by atoms with Gasteiger partial charge in [-0.25, -0.2) is 9.07 Å². The number of aromatic nitrogens is 2. The molecule has 1 aromatic heterocycles. The fraction of sp³-hybridized carbons (Fsp3) is 0.333. The Balaban J connectivity index is 1.54. The van der Waals surface area contributed by atoms with Crippen molar-refractivity contribution in [2.75, 3.05) is 32.8 Å². The number of carbonyl (C=O) groups excluding carboxylic acids is 1. The summed E-state index contributed by atoms with van der Waals surface area (Å²) >= 11 is 6.13. The van der Waals surface area contributed by atoms with E-state index in [1.165, 1.54) is 12.1 Å². The molecular weight excluding hydrogens is 431 g/mol. The van der Waals surface area contributed by atoms with E-state index in [2.05, 4.69) is 15.3 Å². The molecule has 3 aromatic rings. The topological polar surface area (TPSA) is 59.4 Å². The Bertz CT molecular complexity index is 1080. The van der Waals surface area contributed by atoms with Gasteiger partial charge in [0, 0.05) is 24.7 Å². The lowest BCUT2D eigenvalue weighted by molar-refractivity contribution is 0.0162. The molecule has 1 aliphatic heterocycles. The molecule has 0 aliphatic carbocycles. The zero-order valence-electron chi connectivity index (χ0n) is 17.9. The summed E-state index contributed by atoms with van der Waals surface area (Å²) in [6.45, 7) is 5.03. The van der Waals surface area contributed by atoms with E-state index in [0.29, 0.717) is 36.8 Å². The van der Waals surface area contributed by atoms with Crippen molar-refractivity contribution in [3.05, 3.63) is 82.4 Å². The van der Waals surface area contributed by atoms with Crippen molar-refractivity contribution in [3.63, 3.8) is 0 Å². The number of amides is 1. The molecule has 6 nitrogen and oxygen atoms in total. The van der Waals surface area contributed by atoms with Crippen molar-refractivity contribution < 1.29 is 13.9 Å². The molecule has 32 heavy (non-hydrogen) atoms. The maximum absolute atomic E-state index is 13.9. The first-order chi connectivity index (χ1) is 15.6. The summed E-state index contributed by atoms with van der Waals surface area (Å²) in [6, 6.07) is 13.8. The van der Waals surface area contributed by atoms with Crippen LogP contribution in [0.4, 0.5) is 4.39 Å². The zero-order chi connectivity index (χ0) is 22.5. The van der Waals surface area contributed by atoms with Gasteiger partial charge >= 0.3 is 0 Å². The standard InChI is InChI=1S/C24H26ClFN4O2/c1-2-22-21(15-28-30(22)20-8-4-6-18(25)14-20)24(31)27-16-23(29-9-11-32-12-10-29)17-5-3-7-19(26)13-17/h3-8,13-15,23H,2,9-12,16H2,1H3,(H,27,31). The summed E-state index contributed by atoms with van der Waals surface area (Å²) in [5, 5.41) is 8.07. The van der Waals surface area contributed by atoms with E-state index in [1.807, 2.05) is 31.2 Å². The molecule has 1 unspecified atom stereocenters. The van der Waals surface area contributed by atoms with Gasteiger partial charge in [0.05, 0.1) is 42.4 Å². The van der Waals surface area contributed by atoms with Crippen molar-refractivity contribution in [3.8, 4) is 5.69 Å². The third-order valence-electron chi connectivity index (χ3n) is 5.68. The molecule has 0 radical (unpaired) electrons. The molecule has 0 spiro atoms. The summed E-state index contributed by atoms with van der Waals surface area (Å²) in [5.41, 5.74) is 2.96. The van der Waals surface area contributed by atoms with Crippen LogP contribution < -0.4 is 5.32 Å². The molecule has 8 heteroatoms. The molecule has 0 bridgehead atoms. The van der Waals surface area contributed by atoms with Gasteiger partial charge in [0.1, 0.15) is 5.82 Å². The quantitative estimate of drug-likeness (QED) is 0.583. The van der Waals surface area contributed by atoms with Crippen LogP contribution in [0.5, 0.6) is 0 Å². The Hall–Kier alpha value is -2.74. The monoisotopic (exact) mass is 456 g/mol. The van der Waals surface area contributed by atoms with Gasteiger partial charge in [0.25, 0.3) is 5.91 Å². The number of carbonyl (C=O) groups is 1. The Labute approximate surface area is 191 Å². The van der Waals surface area contributed by atoms with E-state index in [9.17, 15) is 9.18 Å². The van der Waals surface area contributed by atoms with Crippen LogP contribution in [0.25, 0.3) is 5.69 Å². The van der Waals surface area contributed by atoms with Crippen molar-refractivity contribution in [1.29, 1.82) is 0 Å². The smallest absolute Gasteiger partial charge is 0.254 e. The lowest BCUT2D eigenvalue weighted by atomic mass is 10.0. The summed E-state index contributed by atoms with van der Waals surface area (Å²) in [7, 11) is 0. The van der Waals surface area contributed by atoms with Crippen molar-refractivity contribution in [2.45, 2.75) is 19.4 Å². The second-order valence-corrected chi connectivity index (χ2v) is 8.12. The van der Waals surface area contributed by atoms with Gasteiger partial charge in [-0.15, -0.1) is 0 Å². The Morgan fingerprint density at radius 3 is 2.72 bits per heavy atom. The third-order valence-corrected chi connectivity index (χ3v) is 5.91. The van der Waals surface area contributed by atoms with Gasteiger partial charge in [0.15, 0.2) is 0 Å². The highest BCUT2D eigenvalue weighted by molar-refractivity contribution is 6.30. The Morgan fingerprint density at radius 2 is 2.00 bits per heavy atom. The fourth-order valence-corrected chi connectivity index (χ4v) is 4.26. The highest BCUT2D eigenvalue weighted by Crippen LogP contribution is 2.23. The Kier molecular flexibility index (Phi) is 7.19. The summed E-state index contributed by atoms with van der Waals surface area (Å²) in [4.78, 5) is 15.3. The molecule has 2 aromatic carbocycles. The SMILES string of the molecule is CCc1c(C(=O)NCC(c2cccc(F)c2)N2CCOCC2)cnn1-c1cccc(Cl)c1. The van der Waals surface area contributed by atoms with E-state index in [0.717, 1.165) is 30.0 Å². The van der Waals surface area contributed by atoms with Gasteiger partial charge < -0.3 is 10.1 Å². The first-order valence-electron chi connectivity index (χ1n) is 10.7. The summed E-state index contributed by atoms with van der Waals surface area (Å²) in [6.07, 6.45) is 2.22. The zero-order valence-corrected chi connectivity index (χ0v) is 18.7. The van der Waals surface area contributed by atoms with Crippen molar-refractivity contribution in [2.24, 2.45) is 0 Å². The van der Waals surface area contributed by atoms with Crippen LogP contribution in [0.2, 0.25) is 5.02 Å². The number of nitrogens with one attached hydrogen (secondary N) is 1. The number of ether oxygens (including phenoxy) is 1. The predicted octanol–water partition coefficient (Wildman–Crippen LogP) is 4.03. The first-order valence-corrected chi connectivity index (χ1v) is 11.1. The predicted molar refractivity (Wildman–Crippen MR) is 122 cm³/mol. The lowest BCUT2D eigenvalue weighted by Gasteiger charge is -2.35. The van der Waals surface area contributed by atoms with Gasteiger partial charge in [-0.1, -0.05) is 36.7 Å². The van der Waals surface area contributed by atoms with Gasteiger partial charge in [-0.2, -0.15) is 5.10 Å². The average Bonchev–Trinajstić information content (AvgIpc) is 3.24. The second-order valence-electron chi connectivity index (χ2n) is 7.68. The minimum Gasteiger partial charge on any atom is -0.379 e. The van der Waals surface area contributed by atoms with Crippen molar-refractivity contribution >= 4 is 17.5 Å². The largest absolute Gasteiger partial charge is 0.379 e. The van der Waals surface area contributed by atoms with Gasteiger partial charge in [-0.05, 0) is 42.3 Å². The fourth-order valence-electron chi connectivity index (χ4n) is 4.08. The van der Waals surface area contributed by atoms with E-state index >= 15 is 0 Å². The molecule has 4 rings (SSSR count). The van der Waals surface area contributed by atoms with Gasteiger partial charge in [0.2, 0.25) is 0 Å². The molecule has 1 N–H and O–H groups in total.